The normalized spacial score (nSPS) is 17.4. The van der Waals surface area contributed by atoms with Crippen molar-refractivity contribution in [3.63, 3.8) is 0 Å². The van der Waals surface area contributed by atoms with Gasteiger partial charge in [-0.25, -0.2) is 0 Å². The van der Waals surface area contributed by atoms with E-state index in [0.29, 0.717) is 11.6 Å². The number of nitrogens with zero attached hydrogens (tertiary/aromatic N) is 2. The largest absolute Gasteiger partial charge is 0.339 e. The van der Waals surface area contributed by atoms with Crippen LogP contribution in [0.5, 0.6) is 0 Å². The monoisotopic (exact) mass is 221 g/mol. The minimum absolute atomic E-state index is 0.0955. The molecule has 4 heteroatoms. The molecule has 0 bridgehead atoms. The molecule has 1 aliphatic carbocycles. The van der Waals surface area contributed by atoms with Gasteiger partial charge in [-0.15, -0.1) is 0 Å². The Kier molecular flexibility index (Phi) is 3.27. The zero-order valence-corrected chi connectivity index (χ0v) is 9.99. The first-order valence-corrected chi connectivity index (χ1v) is 5.97. The van der Waals surface area contributed by atoms with Crippen LogP contribution in [0.15, 0.2) is 6.20 Å². The molecule has 2 rings (SSSR count). The lowest BCUT2D eigenvalue weighted by Crippen LogP contribution is -2.38. The molecule has 0 aromatic carbocycles. The summed E-state index contributed by atoms with van der Waals surface area (Å²) in [5, 5.41) is 6.71. The van der Waals surface area contributed by atoms with Crippen molar-refractivity contribution in [1.82, 2.24) is 15.1 Å². The highest BCUT2D eigenvalue weighted by Gasteiger charge is 2.24. The van der Waals surface area contributed by atoms with Crippen LogP contribution in [0.2, 0.25) is 0 Å². The summed E-state index contributed by atoms with van der Waals surface area (Å²) in [6.45, 7) is 1.88. The van der Waals surface area contributed by atoms with Crippen molar-refractivity contribution in [2.75, 3.05) is 7.05 Å². The molecule has 1 fully saturated rings. The summed E-state index contributed by atoms with van der Waals surface area (Å²) in [6, 6.07) is 0.413. The summed E-state index contributed by atoms with van der Waals surface area (Å²) in [4.78, 5) is 14.1. The summed E-state index contributed by atoms with van der Waals surface area (Å²) in [6.07, 6.45) is 7.69. The van der Waals surface area contributed by atoms with E-state index in [9.17, 15) is 4.79 Å². The number of hydrogen-bond donors (Lipinski definition) is 1. The molecular formula is C12H19N3O. The Hall–Kier alpha value is -1.32. The van der Waals surface area contributed by atoms with E-state index in [1.54, 1.807) is 6.20 Å². The molecule has 1 aromatic heterocycles. The highest BCUT2D eigenvalue weighted by Crippen LogP contribution is 2.23. The minimum Gasteiger partial charge on any atom is -0.339 e. The van der Waals surface area contributed by atoms with Gasteiger partial charge in [-0.1, -0.05) is 19.3 Å². The molecule has 4 nitrogen and oxygen atoms in total. The lowest BCUT2D eigenvalue weighted by Gasteiger charge is -2.31. The second kappa shape index (κ2) is 4.68. The molecule has 0 atom stereocenters. The number of carbonyl (C=O) groups excluding carboxylic acids is 1. The fourth-order valence-corrected chi connectivity index (χ4v) is 2.39. The van der Waals surface area contributed by atoms with Gasteiger partial charge in [0, 0.05) is 18.8 Å². The highest BCUT2D eigenvalue weighted by atomic mass is 16.2. The molecular weight excluding hydrogens is 202 g/mol. The van der Waals surface area contributed by atoms with E-state index in [1.165, 1.54) is 19.3 Å². The smallest absolute Gasteiger partial charge is 0.257 e. The summed E-state index contributed by atoms with van der Waals surface area (Å²) in [5.74, 6) is 0.0955. The molecule has 1 N–H and O–H groups in total. The third-order valence-electron chi connectivity index (χ3n) is 3.50. The number of amides is 1. The van der Waals surface area contributed by atoms with Gasteiger partial charge in [0.25, 0.3) is 5.91 Å². The maximum Gasteiger partial charge on any atom is 0.257 e. The molecule has 1 amide bonds. The summed E-state index contributed by atoms with van der Waals surface area (Å²) >= 11 is 0. The molecule has 88 valence electrons. The molecule has 0 radical (unpaired) electrons. The van der Waals surface area contributed by atoms with Crippen molar-refractivity contribution in [3.05, 3.63) is 17.5 Å². The first-order chi connectivity index (χ1) is 7.70. The maximum atomic E-state index is 12.2. The van der Waals surface area contributed by atoms with Gasteiger partial charge in [0.15, 0.2) is 0 Å². The standard InChI is InChI=1S/C12H19N3O/c1-9-11(8-13-14-9)12(16)15(2)10-6-4-3-5-7-10/h8,10H,3-7H2,1-2H3,(H,13,14). The predicted molar refractivity (Wildman–Crippen MR) is 62.3 cm³/mol. The quantitative estimate of drug-likeness (QED) is 0.831. The summed E-state index contributed by atoms with van der Waals surface area (Å²) < 4.78 is 0. The van der Waals surface area contributed by atoms with E-state index in [0.717, 1.165) is 18.5 Å². The van der Waals surface area contributed by atoms with Crippen molar-refractivity contribution in [1.29, 1.82) is 0 Å². The van der Waals surface area contributed by atoms with Crippen molar-refractivity contribution >= 4 is 5.91 Å². The Morgan fingerprint density at radius 2 is 2.12 bits per heavy atom. The predicted octanol–water partition coefficient (Wildman–Crippen LogP) is 2.12. The van der Waals surface area contributed by atoms with Crippen LogP contribution in [0.3, 0.4) is 0 Å². The number of hydrogen-bond acceptors (Lipinski definition) is 2. The Balaban J connectivity index is 2.06. The average molecular weight is 221 g/mol. The van der Waals surface area contributed by atoms with E-state index in [4.69, 9.17) is 0 Å². The van der Waals surface area contributed by atoms with Crippen LogP contribution in [-0.2, 0) is 0 Å². The number of nitrogens with one attached hydrogen (secondary N) is 1. The van der Waals surface area contributed by atoms with Crippen LogP contribution in [0, 0.1) is 6.92 Å². The SMILES string of the molecule is Cc1[nH]ncc1C(=O)N(C)C1CCCCC1. The van der Waals surface area contributed by atoms with Crippen molar-refractivity contribution in [2.24, 2.45) is 0 Å². The van der Waals surface area contributed by atoms with Crippen molar-refractivity contribution in [3.8, 4) is 0 Å². The van der Waals surface area contributed by atoms with E-state index >= 15 is 0 Å². The number of carbonyl (C=O) groups is 1. The molecule has 0 spiro atoms. The number of aromatic amines is 1. The lowest BCUT2D eigenvalue weighted by atomic mass is 9.94. The molecule has 1 heterocycles. The molecule has 1 aromatic rings. The maximum absolute atomic E-state index is 12.2. The fourth-order valence-electron chi connectivity index (χ4n) is 2.39. The van der Waals surface area contributed by atoms with Crippen LogP contribution in [-0.4, -0.2) is 34.1 Å². The number of H-pyrrole nitrogens is 1. The third kappa shape index (κ3) is 2.10. The van der Waals surface area contributed by atoms with E-state index in [-0.39, 0.29) is 5.91 Å². The van der Waals surface area contributed by atoms with E-state index in [1.807, 2.05) is 18.9 Å². The van der Waals surface area contributed by atoms with Gasteiger partial charge in [-0.05, 0) is 19.8 Å². The first kappa shape index (κ1) is 11.2. The van der Waals surface area contributed by atoms with Gasteiger partial charge >= 0.3 is 0 Å². The van der Waals surface area contributed by atoms with Crippen LogP contribution in [0.4, 0.5) is 0 Å². The molecule has 1 saturated carbocycles. The Labute approximate surface area is 96.0 Å². The topological polar surface area (TPSA) is 49.0 Å². The minimum atomic E-state index is 0.0955. The zero-order chi connectivity index (χ0) is 11.5. The average Bonchev–Trinajstić information content (AvgIpc) is 2.75. The Morgan fingerprint density at radius 1 is 1.44 bits per heavy atom. The van der Waals surface area contributed by atoms with Gasteiger partial charge < -0.3 is 4.90 Å². The Bertz CT molecular complexity index is 366. The van der Waals surface area contributed by atoms with Gasteiger partial charge in [0.05, 0.1) is 11.8 Å². The molecule has 0 aliphatic heterocycles. The summed E-state index contributed by atoms with van der Waals surface area (Å²) in [5.41, 5.74) is 1.56. The zero-order valence-electron chi connectivity index (χ0n) is 9.99. The van der Waals surface area contributed by atoms with Gasteiger partial charge in [0.1, 0.15) is 0 Å². The number of aryl methyl sites for hydroxylation is 1. The number of aromatic nitrogens is 2. The van der Waals surface area contributed by atoms with E-state index < -0.39 is 0 Å². The van der Waals surface area contributed by atoms with Crippen LogP contribution in [0.1, 0.15) is 48.2 Å². The van der Waals surface area contributed by atoms with Crippen molar-refractivity contribution < 1.29 is 4.79 Å². The second-order valence-corrected chi connectivity index (χ2v) is 4.62. The first-order valence-electron chi connectivity index (χ1n) is 5.97. The van der Waals surface area contributed by atoms with Crippen LogP contribution < -0.4 is 0 Å². The van der Waals surface area contributed by atoms with Gasteiger partial charge in [-0.3, -0.25) is 9.89 Å². The van der Waals surface area contributed by atoms with Gasteiger partial charge in [0.2, 0.25) is 0 Å². The molecule has 0 saturated heterocycles. The molecule has 16 heavy (non-hydrogen) atoms. The Morgan fingerprint density at radius 3 is 2.69 bits per heavy atom. The lowest BCUT2D eigenvalue weighted by molar-refractivity contribution is 0.0695. The van der Waals surface area contributed by atoms with Crippen molar-refractivity contribution in [2.45, 2.75) is 45.1 Å². The van der Waals surface area contributed by atoms with Crippen LogP contribution in [0.25, 0.3) is 0 Å². The highest BCUT2D eigenvalue weighted by molar-refractivity contribution is 5.95. The van der Waals surface area contributed by atoms with Crippen LogP contribution >= 0.6 is 0 Å². The fraction of sp³-hybridized carbons (Fsp3) is 0.667. The molecule has 0 unspecified atom stereocenters. The second-order valence-electron chi connectivity index (χ2n) is 4.62. The molecule has 1 aliphatic rings. The van der Waals surface area contributed by atoms with Gasteiger partial charge in [-0.2, -0.15) is 5.10 Å². The van der Waals surface area contributed by atoms with E-state index in [2.05, 4.69) is 10.2 Å². The third-order valence-corrected chi connectivity index (χ3v) is 3.50. The summed E-state index contributed by atoms with van der Waals surface area (Å²) in [7, 11) is 1.91. The number of rotatable bonds is 2.